The molecule has 17 heavy (non-hydrogen) atoms. The Hall–Kier alpha value is -1.26. The summed E-state index contributed by atoms with van der Waals surface area (Å²) >= 11 is 0. The zero-order chi connectivity index (χ0) is 12.6. The van der Waals surface area contributed by atoms with Crippen molar-refractivity contribution in [2.24, 2.45) is 0 Å². The molecule has 0 bridgehead atoms. The van der Waals surface area contributed by atoms with Gasteiger partial charge in [-0.3, -0.25) is 0 Å². The van der Waals surface area contributed by atoms with Gasteiger partial charge >= 0.3 is 0 Å². The lowest BCUT2D eigenvalue weighted by Gasteiger charge is -2.15. The number of hydrogen-bond donors (Lipinski definition) is 1. The van der Waals surface area contributed by atoms with Crippen LogP contribution >= 0.6 is 0 Å². The Kier molecular flexibility index (Phi) is 3.26. The minimum absolute atomic E-state index is 0.0783. The molecule has 1 aliphatic heterocycles. The predicted octanol–water partition coefficient (Wildman–Crippen LogP) is 2.22. The van der Waals surface area contributed by atoms with Gasteiger partial charge in [-0.2, -0.15) is 0 Å². The van der Waals surface area contributed by atoms with Gasteiger partial charge in [0.1, 0.15) is 17.6 Å². The van der Waals surface area contributed by atoms with Crippen molar-refractivity contribution in [3.05, 3.63) is 23.3 Å². The van der Waals surface area contributed by atoms with Gasteiger partial charge in [-0.1, -0.05) is 0 Å². The van der Waals surface area contributed by atoms with Crippen LogP contribution < -0.4 is 9.47 Å². The highest BCUT2D eigenvalue weighted by molar-refractivity contribution is 5.50. The molecule has 0 unspecified atom stereocenters. The monoisotopic (exact) mass is 238 g/mol. The average molecular weight is 238 g/mol. The molecule has 3 atom stereocenters. The first-order valence-electron chi connectivity index (χ1n) is 5.67. The summed E-state index contributed by atoms with van der Waals surface area (Å²) in [5.74, 6) is 1.46. The number of ether oxygens (including phenoxy) is 3. The SMILES string of the molecule is COc1cc(OC)c2c(c1)[C@H]([C@@H](C)O)O[C@@H]2C. The summed E-state index contributed by atoms with van der Waals surface area (Å²) in [6.07, 6.45) is -0.954. The zero-order valence-electron chi connectivity index (χ0n) is 10.6. The summed E-state index contributed by atoms with van der Waals surface area (Å²) in [6.45, 7) is 3.68. The first-order valence-corrected chi connectivity index (χ1v) is 5.67. The molecule has 1 heterocycles. The molecule has 1 N–H and O–H groups in total. The Morgan fingerprint density at radius 1 is 1.29 bits per heavy atom. The third kappa shape index (κ3) is 1.98. The van der Waals surface area contributed by atoms with Crippen molar-refractivity contribution < 1.29 is 19.3 Å². The molecule has 0 spiro atoms. The Morgan fingerprint density at radius 2 is 2.00 bits per heavy atom. The smallest absolute Gasteiger partial charge is 0.128 e. The Balaban J connectivity index is 2.55. The zero-order valence-corrected chi connectivity index (χ0v) is 10.6. The molecule has 0 amide bonds. The number of hydrogen-bond acceptors (Lipinski definition) is 4. The van der Waals surface area contributed by atoms with Crippen LogP contribution in [-0.2, 0) is 4.74 Å². The fourth-order valence-electron chi connectivity index (χ4n) is 2.31. The molecule has 1 aliphatic rings. The van der Waals surface area contributed by atoms with Crippen molar-refractivity contribution in [3.63, 3.8) is 0 Å². The van der Waals surface area contributed by atoms with Crippen LogP contribution in [0, 0.1) is 0 Å². The van der Waals surface area contributed by atoms with E-state index in [4.69, 9.17) is 14.2 Å². The Morgan fingerprint density at radius 3 is 2.53 bits per heavy atom. The van der Waals surface area contributed by atoms with Gasteiger partial charge in [-0.25, -0.2) is 0 Å². The van der Waals surface area contributed by atoms with Crippen molar-refractivity contribution in [1.82, 2.24) is 0 Å². The molecule has 94 valence electrons. The van der Waals surface area contributed by atoms with Crippen LogP contribution in [0.1, 0.15) is 37.2 Å². The van der Waals surface area contributed by atoms with Crippen molar-refractivity contribution in [2.45, 2.75) is 32.2 Å². The molecule has 0 radical (unpaired) electrons. The summed E-state index contributed by atoms with van der Waals surface area (Å²) in [5.41, 5.74) is 1.95. The Bertz CT molecular complexity index is 414. The second kappa shape index (κ2) is 4.55. The minimum atomic E-state index is -0.560. The van der Waals surface area contributed by atoms with Gasteiger partial charge < -0.3 is 19.3 Å². The molecule has 1 aromatic carbocycles. The van der Waals surface area contributed by atoms with Crippen LogP contribution in [0.2, 0.25) is 0 Å². The van der Waals surface area contributed by atoms with E-state index in [1.54, 1.807) is 21.1 Å². The fourth-order valence-corrected chi connectivity index (χ4v) is 2.31. The Labute approximate surface area is 101 Å². The first kappa shape index (κ1) is 12.2. The molecular weight excluding hydrogens is 220 g/mol. The van der Waals surface area contributed by atoms with Gasteiger partial charge in [0.25, 0.3) is 0 Å². The third-order valence-electron chi connectivity index (χ3n) is 3.11. The molecule has 0 aromatic heterocycles. The highest BCUT2D eigenvalue weighted by Crippen LogP contribution is 2.46. The van der Waals surface area contributed by atoms with E-state index in [0.29, 0.717) is 5.75 Å². The summed E-state index contributed by atoms with van der Waals surface area (Å²) in [4.78, 5) is 0. The quantitative estimate of drug-likeness (QED) is 0.877. The van der Waals surface area contributed by atoms with Crippen molar-refractivity contribution >= 4 is 0 Å². The normalized spacial score (nSPS) is 24.3. The topological polar surface area (TPSA) is 47.9 Å². The van der Waals surface area contributed by atoms with Crippen LogP contribution in [0.3, 0.4) is 0 Å². The van der Waals surface area contributed by atoms with Gasteiger partial charge in [0.2, 0.25) is 0 Å². The van der Waals surface area contributed by atoms with E-state index in [1.807, 2.05) is 19.1 Å². The second-order valence-electron chi connectivity index (χ2n) is 4.27. The molecule has 0 fully saturated rings. The molecule has 4 nitrogen and oxygen atoms in total. The van der Waals surface area contributed by atoms with Gasteiger partial charge in [0, 0.05) is 11.6 Å². The number of methoxy groups -OCH3 is 2. The summed E-state index contributed by atoms with van der Waals surface area (Å²) < 4.78 is 16.3. The number of aliphatic hydroxyl groups excluding tert-OH is 1. The third-order valence-corrected chi connectivity index (χ3v) is 3.11. The van der Waals surface area contributed by atoms with Crippen molar-refractivity contribution in [2.75, 3.05) is 14.2 Å². The minimum Gasteiger partial charge on any atom is -0.497 e. The lowest BCUT2D eigenvalue weighted by atomic mass is 9.98. The van der Waals surface area contributed by atoms with Crippen LogP contribution in [0.5, 0.6) is 11.5 Å². The van der Waals surface area contributed by atoms with Gasteiger partial charge in [0.15, 0.2) is 0 Å². The van der Waals surface area contributed by atoms with E-state index in [1.165, 1.54) is 0 Å². The maximum atomic E-state index is 9.74. The van der Waals surface area contributed by atoms with Crippen LogP contribution in [-0.4, -0.2) is 25.4 Å². The second-order valence-corrected chi connectivity index (χ2v) is 4.27. The average Bonchev–Trinajstić information content (AvgIpc) is 2.66. The van der Waals surface area contributed by atoms with E-state index < -0.39 is 6.10 Å². The standard InChI is InChI=1S/C13H18O4/c1-7(14)13-10-5-9(15-3)6-11(16-4)12(10)8(2)17-13/h5-8,13-14H,1-4H3/t7-,8-,13+/m1/s1. The van der Waals surface area contributed by atoms with Crippen molar-refractivity contribution in [3.8, 4) is 11.5 Å². The number of aliphatic hydroxyl groups is 1. The first-order chi connectivity index (χ1) is 8.08. The molecule has 0 saturated heterocycles. The number of fused-ring (bicyclic) bond motifs is 1. The summed E-state index contributed by atoms with van der Waals surface area (Å²) in [6, 6.07) is 3.74. The molecule has 4 heteroatoms. The van der Waals surface area contributed by atoms with E-state index in [9.17, 15) is 5.11 Å². The van der Waals surface area contributed by atoms with Gasteiger partial charge in [-0.15, -0.1) is 0 Å². The van der Waals surface area contributed by atoms with Gasteiger partial charge in [-0.05, 0) is 25.5 Å². The largest absolute Gasteiger partial charge is 0.497 e. The molecule has 2 rings (SSSR count). The lowest BCUT2D eigenvalue weighted by molar-refractivity contribution is -0.0477. The van der Waals surface area contributed by atoms with Crippen molar-refractivity contribution in [1.29, 1.82) is 0 Å². The van der Waals surface area contributed by atoms with E-state index in [-0.39, 0.29) is 12.2 Å². The van der Waals surface area contributed by atoms with Crippen LogP contribution in [0.15, 0.2) is 12.1 Å². The maximum absolute atomic E-state index is 9.74. The van der Waals surface area contributed by atoms with E-state index in [0.717, 1.165) is 16.9 Å². The predicted molar refractivity (Wildman–Crippen MR) is 63.5 cm³/mol. The number of rotatable bonds is 3. The van der Waals surface area contributed by atoms with E-state index >= 15 is 0 Å². The highest BCUT2D eigenvalue weighted by Gasteiger charge is 2.35. The number of benzene rings is 1. The highest BCUT2D eigenvalue weighted by atomic mass is 16.5. The summed E-state index contributed by atoms with van der Waals surface area (Å²) in [7, 11) is 3.23. The molecular formula is C13H18O4. The van der Waals surface area contributed by atoms with Crippen LogP contribution in [0.4, 0.5) is 0 Å². The lowest BCUT2D eigenvalue weighted by Crippen LogP contribution is -2.13. The molecule has 0 aliphatic carbocycles. The van der Waals surface area contributed by atoms with E-state index in [2.05, 4.69) is 0 Å². The molecule has 1 aromatic rings. The summed E-state index contributed by atoms with van der Waals surface area (Å²) in [5, 5.41) is 9.74. The van der Waals surface area contributed by atoms with Crippen LogP contribution in [0.25, 0.3) is 0 Å². The fraction of sp³-hybridized carbons (Fsp3) is 0.538. The van der Waals surface area contributed by atoms with Gasteiger partial charge in [0.05, 0.1) is 26.4 Å². The molecule has 0 saturated carbocycles. The maximum Gasteiger partial charge on any atom is 0.128 e.